The predicted molar refractivity (Wildman–Crippen MR) is 418 cm³/mol. The molecule has 0 radical (unpaired) electrons. The van der Waals surface area contributed by atoms with Gasteiger partial charge in [-0.05, 0) is 37.5 Å². The second-order valence-electron chi connectivity index (χ2n) is 30.8. The fraction of sp³-hybridized carbons (Fsp3) is 0.952. The Bertz CT molecular complexity index is 1960. The van der Waals surface area contributed by atoms with E-state index in [-0.39, 0.29) is 25.7 Å². The third kappa shape index (κ3) is 76.3. The molecule has 606 valence electrons. The molecule has 2 unspecified atom stereocenters. The Morgan fingerprint density at radius 3 is 0.667 bits per heavy atom. The number of unbranched alkanes of at least 4 members (excludes halogenated alkanes) is 52. The first-order valence-corrected chi connectivity index (χ1v) is 46.0. The summed E-state index contributed by atoms with van der Waals surface area (Å²) >= 11 is 0. The monoisotopic (exact) mass is 1490 g/mol. The summed E-state index contributed by atoms with van der Waals surface area (Å²) in [4.78, 5) is 73.0. The van der Waals surface area contributed by atoms with Crippen molar-refractivity contribution in [1.29, 1.82) is 0 Å². The Kier molecular flexibility index (Phi) is 73.1. The van der Waals surface area contributed by atoms with Gasteiger partial charge in [-0.15, -0.1) is 0 Å². The molecule has 17 nitrogen and oxygen atoms in total. The minimum absolute atomic E-state index is 0.107. The molecular weight excluding hydrogens is 1330 g/mol. The molecule has 0 aromatic heterocycles. The van der Waals surface area contributed by atoms with Crippen molar-refractivity contribution in [2.45, 2.75) is 458 Å². The van der Waals surface area contributed by atoms with Crippen LogP contribution in [0.1, 0.15) is 440 Å². The van der Waals surface area contributed by atoms with E-state index in [1.54, 1.807) is 0 Å². The van der Waals surface area contributed by atoms with Crippen molar-refractivity contribution in [2.24, 2.45) is 11.8 Å². The maximum Gasteiger partial charge on any atom is 0.472 e. The van der Waals surface area contributed by atoms with Gasteiger partial charge in [0.15, 0.2) is 12.2 Å². The lowest BCUT2D eigenvalue weighted by Crippen LogP contribution is -2.30. The molecule has 3 N–H and O–H groups in total. The number of esters is 4. The molecule has 0 aromatic carbocycles. The highest BCUT2D eigenvalue weighted by Gasteiger charge is 2.30. The second kappa shape index (κ2) is 74.5. The number of aliphatic hydroxyl groups excluding tert-OH is 1. The summed E-state index contributed by atoms with van der Waals surface area (Å²) in [7, 11) is -9.92. The van der Waals surface area contributed by atoms with Gasteiger partial charge >= 0.3 is 39.5 Å². The van der Waals surface area contributed by atoms with E-state index in [1.165, 1.54) is 250 Å². The smallest absolute Gasteiger partial charge is 0.462 e. The van der Waals surface area contributed by atoms with Crippen LogP contribution in [0.2, 0.25) is 0 Å². The first-order chi connectivity index (χ1) is 49.4. The minimum Gasteiger partial charge on any atom is -0.462 e. The van der Waals surface area contributed by atoms with Crippen LogP contribution in [0.4, 0.5) is 0 Å². The highest BCUT2D eigenvalue weighted by Crippen LogP contribution is 2.45. The predicted octanol–water partition coefficient (Wildman–Crippen LogP) is 25.1. The highest BCUT2D eigenvalue weighted by molar-refractivity contribution is 7.47. The van der Waals surface area contributed by atoms with Crippen LogP contribution in [-0.2, 0) is 65.4 Å². The molecule has 0 saturated heterocycles. The molecule has 19 heteroatoms. The van der Waals surface area contributed by atoms with Crippen LogP contribution in [0.15, 0.2) is 0 Å². The molecule has 0 aliphatic rings. The molecular formula is C83H162O17P2. The molecule has 5 atom stereocenters. The van der Waals surface area contributed by atoms with Crippen molar-refractivity contribution in [3.8, 4) is 0 Å². The van der Waals surface area contributed by atoms with Gasteiger partial charge < -0.3 is 33.8 Å². The minimum atomic E-state index is -4.96. The van der Waals surface area contributed by atoms with Crippen molar-refractivity contribution in [3.05, 3.63) is 0 Å². The summed E-state index contributed by atoms with van der Waals surface area (Å²) in [6.07, 6.45) is 65.4. The molecule has 0 amide bonds. The summed E-state index contributed by atoms with van der Waals surface area (Å²) in [5, 5.41) is 10.6. The van der Waals surface area contributed by atoms with Gasteiger partial charge in [0.2, 0.25) is 0 Å². The number of carbonyl (C=O) groups excluding carboxylic acids is 4. The van der Waals surface area contributed by atoms with E-state index in [1.807, 2.05) is 0 Å². The molecule has 0 aliphatic carbocycles. The molecule has 0 aliphatic heterocycles. The Morgan fingerprint density at radius 2 is 0.451 bits per heavy atom. The lowest BCUT2D eigenvalue weighted by Gasteiger charge is -2.21. The maximum absolute atomic E-state index is 13.1. The molecule has 0 bridgehead atoms. The molecule has 102 heavy (non-hydrogen) atoms. The van der Waals surface area contributed by atoms with Gasteiger partial charge in [-0.3, -0.25) is 37.3 Å². The second-order valence-corrected chi connectivity index (χ2v) is 33.7. The number of phosphoric acid groups is 2. The SMILES string of the molecule is CCCCCCCCCCCCCCCCCCCCCC(=O)OC[C@H](COP(=O)(O)OC[C@@H](O)COP(=O)(O)OC[C@@H](COC(=O)CCCCCCCCCC(C)C)OC(=O)CCCCCCCCCCCCCC)OC(=O)CCCCCCCCCCCCCCCCCCCCC(C)C. The molecule has 0 fully saturated rings. The molecule has 0 aromatic rings. The van der Waals surface area contributed by atoms with Gasteiger partial charge in [-0.2, -0.15) is 0 Å². The standard InChI is InChI=1S/C83H162O17P2/c1-7-9-11-13-15-17-19-21-22-23-24-28-31-34-38-41-47-53-59-65-80(85)93-71-78(99-83(88)68-62-56-49-43-39-35-32-29-26-25-27-30-33-36-40-45-51-57-63-75(3)4)73-97-101(89,90)95-69-77(84)70-96-102(91,92)98-74-79(72-94-81(86)66-60-54-50-44-46-52-58-64-76(5)6)100-82(87)67-61-55-48-42-37-20-18-16-14-12-10-8-2/h75-79,84H,7-74H2,1-6H3,(H,89,90)(H,91,92)/t77-,78-,79-/m1/s1. The fourth-order valence-corrected chi connectivity index (χ4v) is 14.5. The Labute approximate surface area is 626 Å². The molecule has 0 heterocycles. The van der Waals surface area contributed by atoms with Crippen LogP contribution in [0, 0.1) is 11.8 Å². The van der Waals surface area contributed by atoms with Crippen LogP contribution in [0.25, 0.3) is 0 Å². The lowest BCUT2D eigenvalue weighted by atomic mass is 10.0. The molecule has 0 rings (SSSR count). The summed E-state index contributed by atoms with van der Waals surface area (Å²) in [6, 6.07) is 0. The van der Waals surface area contributed by atoms with Crippen molar-refractivity contribution >= 4 is 39.5 Å². The third-order valence-electron chi connectivity index (χ3n) is 19.5. The van der Waals surface area contributed by atoms with Crippen molar-refractivity contribution in [1.82, 2.24) is 0 Å². The third-order valence-corrected chi connectivity index (χ3v) is 21.4. The quantitative estimate of drug-likeness (QED) is 0.0222. The fourth-order valence-electron chi connectivity index (χ4n) is 12.9. The number of hydrogen-bond donors (Lipinski definition) is 3. The number of hydrogen-bond acceptors (Lipinski definition) is 15. The van der Waals surface area contributed by atoms with Crippen molar-refractivity contribution < 1.29 is 80.2 Å². The molecule has 0 spiro atoms. The number of rotatable bonds is 82. The summed E-state index contributed by atoms with van der Waals surface area (Å²) < 4.78 is 68.7. The van der Waals surface area contributed by atoms with Crippen LogP contribution in [0.3, 0.4) is 0 Å². The zero-order chi connectivity index (χ0) is 74.9. The lowest BCUT2D eigenvalue weighted by molar-refractivity contribution is -0.161. The van der Waals surface area contributed by atoms with Gasteiger partial charge in [-0.1, -0.05) is 388 Å². The largest absolute Gasteiger partial charge is 0.472 e. The first-order valence-electron chi connectivity index (χ1n) is 43.0. The van der Waals surface area contributed by atoms with Crippen LogP contribution in [-0.4, -0.2) is 96.7 Å². The molecule has 0 saturated carbocycles. The van der Waals surface area contributed by atoms with E-state index in [2.05, 4.69) is 41.5 Å². The highest BCUT2D eigenvalue weighted by atomic mass is 31.2. The zero-order valence-corrected chi connectivity index (χ0v) is 68.7. The summed E-state index contributed by atoms with van der Waals surface area (Å²) in [5.74, 6) is -0.581. The Morgan fingerprint density at radius 1 is 0.265 bits per heavy atom. The van der Waals surface area contributed by atoms with Gasteiger partial charge in [0.1, 0.15) is 19.3 Å². The number of phosphoric ester groups is 2. The summed E-state index contributed by atoms with van der Waals surface area (Å²) in [6.45, 7) is 9.62. The number of carbonyl (C=O) groups is 4. The maximum atomic E-state index is 13.1. The van der Waals surface area contributed by atoms with Gasteiger partial charge in [0.25, 0.3) is 0 Å². The average molecular weight is 1490 g/mol. The van der Waals surface area contributed by atoms with Gasteiger partial charge in [-0.25, -0.2) is 9.13 Å². The van der Waals surface area contributed by atoms with Crippen molar-refractivity contribution in [3.63, 3.8) is 0 Å². The van der Waals surface area contributed by atoms with E-state index in [9.17, 15) is 43.2 Å². The zero-order valence-electron chi connectivity index (χ0n) is 66.9. The number of aliphatic hydroxyl groups is 1. The normalized spacial score (nSPS) is 13.9. The Hall–Kier alpha value is -1.94. The van der Waals surface area contributed by atoms with E-state index in [0.717, 1.165) is 102 Å². The first kappa shape index (κ1) is 100. The Balaban J connectivity index is 5.21. The number of ether oxygens (including phenoxy) is 4. The van der Waals surface area contributed by atoms with E-state index >= 15 is 0 Å². The van der Waals surface area contributed by atoms with Gasteiger partial charge in [0.05, 0.1) is 26.4 Å². The topological polar surface area (TPSA) is 237 Å². The average Bonchev–Trinajstić information content (AvgIpc) is 0.908. The van der Waals surface area contributed by atoms with E-state index < -0.39 is 97.5 Å². The van der Waals surface area contributed by atoms with Crippen LogP contribution >= 0.6 is 15.6 Å². The van der Waals surface area contributed by atoms with Crippen molar-refractivity contribution in [2.75, 3.05) is 39.6 Å². The van der Waals surface area contributed by atoms with E-state index in [0.29, 0.717) is 31.6 Å². The van der Waals surface area contributed by atoms with Crippen LogP contribution < -0.4 is 0 Å². The summed E-state index contributed by atoms with van der Waals surface area (Å²) in [5.41, 5.74) is 0. The van der Waals surface area contributed by atoms with Gasteiger partial charge in [0, 0.05) is 25.7 Å². The van der Waals surface area contributed by atoms with E-state index in [4.69, 9.17) is 37.0 Å². The van der Waals surface area contributed by atoms with Crippen LogP contribution in [0.5, 0.6) is 0 Å².